The summed E-state index contributed by atoms with van der Waals surface area (Å²) in [5.41, 5.74) is 3.45. The van der Waals surface area contributed by atoms with Crippen LogP contribution in [0.2, 0.25) is 0 Å². The van der Waals surface area contributed by atoms with Gasteiger partial charge in [-0.25, -0.2) is 4.98 Å². The van der Waals surface area contributed by atoms with E-state index in [0.717, 1.165) is 11.0 Å². The maximum absolute atomic E-state index is 12.2. The summed E-state index contributed by atoms with van der Waals surface area (Å²) < 4.78 is 0. The number of benzene rings is 2. The molecule has 27 heavy (non-hydrogen) atoms. The van der Waals surface area contributed by atoms with Gasteiger partial charge in [0, 0.05) is 18.5 Å². The molecule has 0 saturated heterocycles. The first-order chi connectivity index (χ1) is 12.8. The Bertz CT molecular complexity index is 919. The third-order valence-electron chi connectivity index (χ3n) is 4.30. The standard InChI is InChI=1S/C21H24N4O2/c1-21(2,3)15-10-8-14(9-11-15)19(27)22-13-12-18(26)25-20-23-16-6-4-5-7-17(16)24-20/h4-11H,12-13H2,1-3H3,(H,22,27)(H2,23,24,25,26). The lowest BCUT2D eigenvalue weighted by molar-refractivity contribution is -0.116. The van der Waals surface area contributed by atoms with Crippen LogP contribution in [0.5, 0.6) is 0 Å². The van der Waals surface area contributed by atoms with Crippen molar-refractivity contribution in [1.82, 2.24) is 15.3 Å². The van der Waals surface area contributed by atoms with Crippen LogP contribution in [-0.2, 0) is 10.2 Å². The highest BCUT2D eigenvalue weighted by atomic mass is 16.2. The van der Waals surface area contributed by atoms with Crippen molar-refractivity contribution >= 4 is 28.8 Å². The summed E-state index contributed by atoms with van der Waals surface area (Å²) >= 11 is 0. The van der Waals surface area contributed by atoms with E-state index < -0.39 is 0 Å². The molecular formula is C21H24N4O2. The summed E-state index contributed by atoms with van der Waals surface area (Å²) in [6.07, 6.45) is 0.170. The van der Waals surface area contributed by atoms with Crippen molar-refractivity contribution in [2.75, 3.05) is 11.9 Å². The number of aromatic amines is 1. The third kappa shape index (κ3) is 4.73. The zero-order chi connectivity index (χ0) is 19.4. The number of rotatable bonds is 5. The summed E-state index contributed by atoms with van der Waals surface area (Å²) in [5, 5.41) is 5.48. The first-order valence-corrected chi connectivity index (χ1v) is 8.96. The molecule has 0 saturated carbocycles. The van der Waals surface area contributed by atoms with Crippen molar-refractivity contribution in [1.29, 1.82) is 0 Å². The van der Waals surface area contributed by atoms with Crippen LogP contribution >= 0.6 is 0 Å². The van der Waals surface area contributed by atoms with E-state index in [4.69, 9.17) is 0 Å². The highest BCUT2D eigenvalue weighted by Crippen LogP contribution is 2.22. The van der Waals surface area contributed by atoms with Crippen LogP contribution in [0, 0.1) is 0 Å². The molecule has 6 heteroatoms. The second kappa shape index (κ2) is 7.61. The first-order valence-electron chi connectivity index (χ1n) is 8.96. The second-order valence-electron chi connectivity index (χ2n) is 7.48. The Hall–Kier alpha value is -3.15. The Morgan fingerprint density at radius 2 is 1.74 bits per heavy atom. The SMILES string of the molecule is CC(C)(C)c1ccc(C(=O)NCCC(=O)Nc2nc3ccccc3[nH]2)cc1. The predicted octanol–water partition coefficient (Wildman–Crippen LogP) is 3.62. The summed E-state index contributed by atoms with van der Waals surface area (Å²) in [6, 6.07) is 15.1. The molecular weight excluding hydrogens is 340 g/mol. The van der Waals surface area contributed by atoms with E-state index in [9.17, 15) is 9.59 Å². The molecule has 0 aliphatic rings. The minimum atomic E-state index is -0.211. The quantitative estimate of drug-likeness (QED) is 0.646. The predicted molar refractivity (Wildman–Crippen MR) is 107 cm³/mol. The van der Waals surface area contributed by atoms with Gasteiger partial charge in [0.25, 0.3) is 5.91 Å². The minimum Gasteiger partial charge on any atom is -0.352 e. The summed E-state index contributed by atoms with van der Waals surface area (Å²) in [7, 11) is 0. The maximum Gasteiger partial charge on any atom is 0.251 e. The molecule has 0 radical (unpaired) electrons. The van der Waals surface area contributed by atoms with Gasteiger partial charge in [0.15, 0.2) is 0 Å². The van der Waals surface area contributed by atoms with E-state index in [1.165, 1.54) is 5.56 Å². The van der Waals surface area contributed by atoms with Crippen LogP contribution in [0.25, 0.3) is 11.0 Å². The van der Waals surface area contributed by atoms with E-state index in [1.54, 1.807) is 0 Å². The lowest BCUT2D eigenvalue weighted by atomic mass is 9.87. The molecule has 140 valence electrons. The minimum absolute atomic E-state index is 0.0454. The van der Waals surface area contributed by atoms with Crippen molar-refractivity contribution in [3.05, 3.63) is 59.7 Å². The molecule has 0 aliphatic carbocycles. The lowest BCUT2D eigenvalue weighted by Gasteiger charge is -2.19. The van der Waals surface area contributed by atoms with Crippen molar-refractivity contribution in [2.24, 2.45) is 0 Å². The van der Waals surface area contributed by atoms with Gasteiger partial charge in [0.1, 0.15) is 0 Å². The molecule has 6 nitrogen and oxygen atoms in total. The Morgan fingerprint density at radius 3 is 2.41 bits per heavy atom. The topological polar surface area (TPSA) is 86.9 Å². The van der Waals surface area contributed by atoms with Gasteiger partial charge in [-0.3, -0.25) is 14.9 Å². The zero-order valence-corrected chi connectivity index (χ0v) is 15.8. The number of para-hydroxylation sites is 2. The normalized spacial score (nSPS) is 11.4. The molecule has 2 aromatic carbocycles. The average molecular weight is 364 g/mol. The number of anilines is 1. The van der Waals surface area contributed by atoms with Crippen molar-refractivity contribution < 1.29 is 9.59 Å². The molecule has 1 heterocycles. The van der Waals surface area contributed by atoms with Gasteiger partial charge in [-0.15, -0.1) is 0 Å². The number of nitrogens with zero attached hydrogens (tertiary/aromatic N) is 1. The molecule has 2 amide bonds. The van der Waals surface area contributed by atoms with Crippen LogP contribution in [0.1, 0.15) is 43.1 Å². The highest BCUT2D eigenvalue weighted by Gasteiger charge is 2.14. The molecule has 3 aromatic rings. The van der Waals surface area contributed by atoms with Crippen LogP contribution in [-0.4, -0.2) is 28.3 Å². The molecule has 0 aliphatic heterocycles. The maximum atomic E-state index is 12.2. The fraction of sp³-hybridized carbons (Fsp3) is 0.286. The summed E-state index contributed by atoms with van der Waals surface area (Å²) in [5.74, 6) is 0.00901. The summed E-state index contributed by atoms with van der Waals surface area (Å²) in [4.78, 5) is 31.6. The number of carbonyl (C=O) groups excluding carboxylic acids is 2. The molecule has 0 fully saturated rings. The fourth-order valence-electron chi connectivity index (χ4n) is 2.72. The van der Waals surface area contributed by atoms with Gasteiger partial charge < -0.3 is 10.3 Å². The zero-order valence-electron chi connectivity index (χ0n) is 15.8. The molecule has 3 rings (SSSR count). The molecule has 1 aromatic heterocycles. The van der Waals surface area contributed by atoms with Gasteiger partial charge in [-0.2, -0.15) is 0 Å². The molecule has 0 spiro atoms. The third-order valence-corrected chi connectivity index (χ3v) is 4.30. The number of amides is 2. The number of hydrogen-bond donors (Lipinski definition) is 3. The molecule has 3 N–H and O–H groups in total. The van der Waals surface area contributed by atoms with Crippen molar-refractivity contribution in [3.8, 4) is 0 Å². The Kier molecular flexibility index (Phi) is 5.26. The van der Waals surface area contributed by atoms with Gasteiger partial charge >= 0.3 is 0 Å². The Labute approximate surface area is 158 Å². The molecule has 0 unspecified atom stereocenters. The van der Waals surface area contributed by atoms with Crippen molar-refractivity contribution in [3.63, 3.8) is 0 Å². The number of H-pyrrole nitrogens is 1. The van der Waals surface area contributed by atoms with Crippen LogP contribution in [0.15, 0.2) is 48.5 Å². The monoisotopic (exact) mass is 364 g/mol. The Morgan fingerprint density at radius 1 is 1.04 bits per heavy atom. The lowest BCUT2D eigenvalue weighted by Crippen LogP contribution is -2.27. The number of imidazole rings is 1. The van der Waals surface area contributed by atoms with Crippen LogP contribution in [0.3, 0.4) is 0 Å². The number of carbonyl (C=O) groups is 2. The summed E-state index contributed by atoms with van der Waals surface area (Å²) in [6.45, 7) is 6.64. The molecule has 0 bridgehead atoms. The largest absolute Gasteiger partial charge is 0.352 e. The number of nitrogens with one attached hydrogen (secondary N) is 3. The second-order valence-corrected chi connectivity index (χ2v) is 7.48. The number of aromatic nitrogens is 2. The van der Waals surface area contributed by atoms with Gasteiger partial charge in [0.05, 0.1) is 11.0 Å². The fourth-order valence-corrected chi connectivity index (χ4v) is 2.72. The Balaban J connectivity index is 1.48. The number of fused-ring (bicyclic) bond motifs is 1. The smallest absolute Gasteiger partial charge is 0.251 e. The van der Waals surface area contributed by atoms with E-state index in [-0.39, 0.29) is 30.2 Å². The average Bonchev–Trinajstić information content (AvgIpc) is 3.03. The molecule has 0 atom stereocenters. The van der Waals surface area contributed by atoms with Gasteiger partial charge in [0.2, 0.25) is 11.9 Å². The van der Waals surface area contributed by atoms with E-state index in [1.807, 2.05) is 48.5 Å². The van der Waals surface area contributed by atoms with Gasteiger partial charge in [-0.1, -0.05) is 45.0 Å². The van der Waals surface area contributed by atoms with E-state index in [2.05, 4.69) is 41.4 Å². The number of hydrogen-bond acceptors (Lipinski definition) is 3. The van der Waals surface area contributed by atoms with Gasteiger partial charge in [-0.05, 0) is 35.2 Å². The highest BCUT2D eigenvalue weighted by molar-refractivity contribution is 5.95. The van der Waals surface area contributed by atoms with Crippen molar-refractivity contribution in [2.45, 2.75) is 32.6 Å². The van der Waals surface area contributed by atoms with E-state index in [0.29, 0.717) is 11.5 Å². The van der Waals surface area contributed by atoms with E-state index >= 15 is 0 Å². The van der Waals surface area contributed by atoms with Crippen LogP contribution in [0.4, 0.5) is 5.95 Å². The van der Waals surface area contributed by atoms with Crippen LogP contribution < -0.4 is 10.6 Å². The first kappa shape index (κ1) is 18.6.